The Bertz CT molecular complexity index is 367. The predicted molar refractivity (Wildman–Crippen MR) is 73.2 cm³/mol. The van der Waals surface area contributed by atoms with Gasteiger partial charge in [-0.3, -0.25) is 0 Å². The van der Waals surface area contributed by atoms with Crippen LogP contribution in [0.1, 0.15) is 25.7 Å². The fourth-order valence-electron chi connectivity index (χ4n) is 2.24. The van der Waals surface area contributed by atoms with Gasteiger partial charge in [-0.1, -0.05) is 36.6 Å². The molecule has 0 saturated heterocycles. The number of para-hydroxylation sites is 1. The molecular formula is C14H20ClNO2. The van der Waals surface area contributed by atoms with Crippen molar-refractivity contribution in [1.29, 1.82) is 0 Å². The van der Waals surface area contributed by atoms with Gasteiger partial charge in [0.2, 0.25) is 0 Å². The van der Waals surface area contributed by atoms with Gasteiger partial charge in [-0.05, 0) is 25.0 Å². The van der Waals surface area contributed by atoms with Crippen LogP contribution < -0.4 is 10.1 Å². The largest absolute Gasteiger partial charge is 0.489 e. The highest BCUT2D eigenvalue weighted by atomic mass is 35.5. The van der Waals surface area contributed by atoms with Crippen LogP contribution in [-0.2, 0) is 0 Å². The van der Waals surface area contributed by atoms with Gasteiger partial charge in [-0.25, -0.2) is 0 Å². The van der Waals surface area contributed by atoms with Crippen molar-refractivity contribution in [2.24, 2.45) is 0 Å². The van der Waals surface area contributed by atoms with E-state index in [1.54, 1.807) is 12.1 Å². The molecule has 1 saturated carbocycles. The summed E-state index contributed by atoms with van der Waals surface area (Å²) in [6.07, 6.45) is 4.53. The Kier molecular flexibility index (Phi) is 5.29. The standard InChI is InChI=1S/C14H20ClNO2/c15-13-7-3-4-8-14(13)18-10-12(17)9-16-11-5-1-2-6-11/h3-4,7-8,11-12,16-17H,1-2,5-6,9-10H2. The molecule has 0 spiro atoms. The van der Waals surface area contributed by atoms with E-state index in [2.05, 4.69) is 5.32 Å². The average Bonchev–Trinajstić information content (AvgIpc) is 2.88. The Morgan fingerprint density at radius 3 is 2.78 bits per heavy atom. The number of ether oxygens (including phenoxy) is 1. The van der Waals surface area contributed by atoms with E-state index in [0.717, 1.165) is 0 Å². The summed E-state index contributed by atoms with van der Waals surface area (Å²) in [5.74, 6) is 0.624. The zero-order chi connectivity index (χ0) is 12.8. The third kappa shape index (κ3) is 4.16. The fraction of sp³-hybridized carbons (Fsp3) is 0.571. The van der Waals surface area contributed by atoms with Crippen LogP contribution in [0.4, 0.5) is 0 Å². The number of halogens is 1. The second-order valence-electron chi connectivity index (χ2n) is 4.78. The Labute approximate surface area is 113 Å². The van der Waals surface area contributed by atoms with Gasteiger partial charge in [0.25, 0.3) is 0 Å². The second kappa shape index (κ2) is 6.98. The number of benzene rings is 1. The molecule has 1 aliphatic rings. The summed E-state index contributed by atoms with van der Waals surface area (Å²) in [4.78, 5) is 0. The van der Waals surface area contributed by atoms with Crippen molar-refractivity contribution in [2.75, 3.05) is 13.2 Å². The summed E-state index contributed by atoms with van der Waals surface area (Å²) >= 11 is 5.97. The third-order valence-corrected chi connectivity index (χ3v) is 3.58. The molecule has 3 nitrogen and oxygen atoms in total. The Morgan fingerprint density at radius 1 is 1.33 bits per heavy atom. The van der Waals surface area contributed by atoms with Crippen LogP contribution in [0.15, 0.2) is 24.3 Å². The van der Waals surface area contributed by atoms with E-state index in [9.17, 15) is 5.11 Å². The van der Waals surface area contributed by atoms with E-state index in [-0.39, 0.29) is 6.61 Å². The Morgan fingerprint density at radius 2 is 2.06 bits per heavy atom. The highest BCUT2D eigenvalue weighted by Gasteiger charge is 2.15. The maximum absolute atomic E-state index is 9.83. The van der Waals surface area contributed by atoms with E-state index in [4.69, 9.17) is 16.3 Å². The van der Waals surface area contributed by atoms with Gasteiger partial charge < -0.3 is 15.2 Å². The van der Waals surface area contributed by atoms with Gasteiger partial charge in [-0.15, -0.1) is 0 Å². The van der Waals surface area contributed by atoms with Crippen LogP contribution in [0.5, 0.6) is 5.75 Å². The van der Waals surface area contributed by atoms with E-state index in [0.29, 0.717) is 23.4 Å². The lowest BCUT2D eigenvalue weighted by Gasteiger charge is -2.17. The fourth-order valence-corrected chi connectivity index (χ4v) is 2.43. The molecule has 1 fully saturated rings. The third-order valence-electron chi connectivity index (χ3n) is 3.27. The zero-order valence-corrected chi connectivity index (χ0v) is 11.2. The van der Waals surface area contributed by atoms with Crippen molar-refractivity contribution in [3.05, 3.63) is 29.3 Å². The van der Waals surface area contributed by atoms with E-state index in [1.165, 1.54) is 25.7 Å². The second-order valence-corrected chi connectivity index (χ2v) is 5.19. The van der Waals surface area contributed by atoms with Crippen molar-refractivity contribution in [1.82, 2.24) is 5.32 Å². The minimum Gasteiger partial charge on any atom is -0.489 e. The molecule has 0 amide bonds. The minimum absolute atomic E-state index is 0.267. The normalized spacial score (nSPS) is 17.9. The lowest BCUT2D eigenvalue weighted by atomic mass is 10.2. The Hall–Kier alpha value is -0.770. The quantitative estimate of drug-likeness (QED) is 0.834. The molecule has 0 radical (unpaired) electrons. The summed E-state index contributed by atoms with van der Waals surface area (Å²) in [6.45, 7) is 0.846. The molecule has 1 aliphatic carbocycles. The van der Waals surface area contributed by atoms with Gasteiger partial charge in [-0.2, -0.15) is 0 Å². The first-order chi connectivity index (χ1) is 8.75. The highest BCUT2D eigenvalue weighted by Crippen LogP contribution is 2.23. The average molecular weight is 270 g/mol. The Balaban J connectivity index is 1.68. The SMILES string of the molecule is OC(CNC1CCCC1)COc1ccccc1Cl. The number of aliphatic hydroxyl groups excluding tert-OH is 1. The van der Waals surface area contributed by atoms with Crippen LogP contribution in [0.25, 0.3) is 0 Å². The molecule has 2 N–H and O–H groups in total. The molecule has 0 aliphatic heterocycles. The van der Waals surface area contributed by atoms with Crippen molar-refractivity contribution >= 4 is 11.6 Å². The van der Waals surface area contributed by atoms with Gasteiger partial charge in [0.1, 0.15) is 18.5 Å². The molecule has 0 aromatic heterocycles. The van der Waals surface area contributed by atoms with Gasteiger partial charge in [0.15, 0.2) is 0 Å². The minimum atomic E-state index is -0.498. The molecular weight excluding hydrogens is 250 g/mol. The van der Waals surface area contributed by atoms with Crippen molar-refractivity contribution in [3.8, 4) is 5.75 Å². The van der Waals surface area contributed by atoms with Crippen LogP contribution >= 0.6 is 11.6 Å². The molecule has 0 heterocycles. The molecule has 1 atom stereocenters. The first-order valence-electron chi connectivity index (χ1n) is 6.54. The monoisotopic (exact) mass is 269 g/mol. The molecule has 0 bridgehead atoms. The molecule has 18 heavy (non-hydrogen) atoms. The predicted octanol–water partition coefficient (Wildman–Crippen LogP) is 2.61. The summed E-state index contributed by atoms with van der Waals surface area (Å²) < 4.78 is 5.49. The number of aliphatic hydroxyl groups is 1. The summed E-state index contributed by atoms with van der Waals surface area (Å²) in [5, 5.41) is 13.8. The summed E-state index contributed by atoms with van der Waals surface area (Å²) in [5.41, 5.74) is 0. The number of rotatable bonds is 6. The number of nitrogens with one attached hydrogen (secondary N) is 1. The van der Waals surface area contributed by atoms with Crippen LogP contribution in [0.3, 0.4) is 0 Å². The van der Waals surface area contributed by atoms with Gasteiger partial charge >= 0.3 is 0 Å². The first-order valence-corrected chi connectivity index (χ1v) is 6.92. The molecule has 100 valence electrons. The smallest absolute Gasteiger partial charge is 0.138 e. The summed E-state index contributed by atoms with van der Waals surface area (Å²) in [7, 11) is 0. The number of hydrogen-bond donors (Lipinski definition) is 2. The molecule has 1 aromatic rings. The van der Waals surface area contributed by atoms with E-state index < -0.39 is 6.10 Å². The zero-order valence-electron chi connectivity index (χ0n) is 10.4. The highest BCUT2D eigenvalue weighted by molar-refractivity contribution is 6.32. The summed E-state index contributed by atoms with van der Waals surface area (Å²) in [6, 6.07) is 7.87. The van der Waals surface area contributed by atoms with Crippen molar-refractivity contribution in [3.63, 3.8) is 0 Å². The molecule has 2 rings (SSSR count). The van der Waals surface area contributed by atoms with Gasteiger partial charge in [0, 0.05) is 12.6 Å². The van der Waals surface area contributed by atoms with Crippen molar-refractivity contribution in [2.45, 2.75) is 37.8 Å². The number of hydrogen-bond acceptors (Lipinski definition) is 3. The van der Waals surface area contributed by atoms with E-state index in [1.807, 2.05) is 12.1 Å². The van der Waals surface area contributed by atoms with Crippen LogP contribution in [0, 0.1) is 0 Å². The maximum Gasteiger partial charge on any atom is 0.138 e. The lowest BCUT2D eigenvalue weighted by molar-refractivity contribution is 0.104. The lowest BCUT2D eigenvalue weighted by Crippen LogP contribution is -2.36. The molecule has 4 heteroatoms. The van der Waals surface area contributed by atoms with Crippen molar-refractivity contribution < 1.29 is 9.84 Å². The maximum atomic E-state index is 9.83. The van der Waals surface area contributed by atoms with Crippen LogP contribution in [-0.4, -0.2) is 30.4 Å². The van der Waals surface area contributed by atoms with E-state index >= 15 is 0 Å². The van der Waals surface area contributed by atoms with Crippen LogP contribution in [0.2, 0.25) is 5.02 Å². The molecule has 1 unspecified atom stereocenters. The van der Waals surface area contributed by atoms with Gasteiger partial charge in [0.05, 0.1) is 5.02 Å². The molecule has 1 aromatic carbocycles. The topological polar surface area (TPSA) is 41.5 Å². The first kappa shape index (κ1) is 13.7.